The van der Waals surface area contributed by atoms with Crippen LogP contribution in [0.2, 0.25) is 0 Å². The third kappa shape index (κ3) is 3.29. The Bertz CT molecular complexity index is 791. The summed E-state index contributed by atoms with van der Waals surface area (Å²) in [5.74, 6) is -0.678. The number of esters is 1. The number of hydrogen-bond acceptors (Lipinski definition) is 4. The molecule has 0 radical (unpaired) electrons. The maximum Gasteiger partial charge on any atom is 0.363 e. The summed E-state index contributed by atoms with van der Waals surface area (Å²) >= 11 is 0. The van der Waals surface area contributed by atoms with E-state index in [0.29, 0.717) is 5.56 Å². The number of aliphatic imine (C=N–C) groups is 1. The molecule has 5 heteroatoms. The fourth-order valence-electron chi connectivity index (χ4n) is 2.15. The molecular weight excluding hydrogens is 295 g/mol. The highest BCUT2D eigenvalue weighted by molar-refractivity contribution is 6.12. The lowest BCUT2D eigenvalue weighted by Gasteiger charge is -2.11. The SMILES string of the molecule is CN(C)c1ccc(/C=C2/N=C(c3ccc(F)cc3)OC2=O)cc1. The zero-order chi connectivity index (χ0) is 16.4. The molecule has 0 amide bonds. The van der Waals surface area contributed by atoms with Crippen LogP contribution in [0, 0.1) is 5.82 Å². The zero-order valence-corrected chi connectivity index (χ0v) is 12.8. The van der Waals surface area contributed by atoms with Gasteiger partial charge in [-0.2, -0.15) is 0 Å². The number of nitrogens with zero attached hydrogens (tertiary/aromatic N) is 2. The van der Waals surface area contributed by atoms with Crippen molar-refractivity contribution in [1.29, 1.82) is 0 Å². The van der Waals surface area contributed by atoms with Gasteiger partial charge in [-0.05, 0) is 48.0 Å². The lowest BCUT2D eigenvalue weighted by atomic mass is 10.1. The number of carbonyl (C=O) groups excluding carboxylic acids is 1. The summed E-state index contributed by atoms with van der Waals surface area (Å²) in [6.07, 6.45) is 1.66. The zero-order valence-electron chi connectivity index (χ0n) is 12.8. The van der Waals surface area contributed by atoms with Crippen LogP contribution in [-0.2, 0) is 9.53 Å². The first-order chi connectivity index (χ1) is 11.0. The lowest BCUT2D eigenvalue weighted by molar-refractivity contribution is -0.129. The largest absolute Gasteiger partial charge is 0.402 e. The molecule has 23 heavy (non-hydrogen) atoms. The fraction of sp³-hybridized carbons (Fsp3) is 0.111. The van der Waals surface area contributed by atoms with Gasteiger partial charge in [-0.15, -0.1) is 0 Å². The van der Waals surface area contributed by atoms with E-state index in [-0.39, 0.29) is 17.4 Å². The van der Waals surface area contributed by atoms with Gasteiger partial charge in [0.15, 0.2) is 5.70 Å². The van der Waals surface area contributed by atoms with Crippen molar-refractivity contribution in [2.75, 3.05) is 19.0 Å². The molecule has 0 atom stereocenters. The van der Waals surface area contributed by atoms with Gasteiger partial charge in [-0.3, -0.25) is 0 Å². The smallest absolute Gasteiger partial charge is 0.363 e. The number of hydrogen-bond donors (Lipinski definition) is 0. The summed E-state index contributed by atoms with van der Waals surface area (Å²) in [5, 5.41) is 0. The van der Waals surface area contributed by atoms with Crippen molar-refractivity contribution in [3.8, 4) is 0 Å². The first kappa shape index (κ1) is 15.0. The maximum atomic E-state index is 12.9. The highest BCUT2D eigenvalue weighted by Gasteiger charge is 2.24. The number of benzene rings is 2. The van der Waals surface area contributed by atoms with Crippen LogP contribution >= 0.6 is 0 Å². The van der Waals surface area contributed by atoms with Crippen LogP contribution in [0.5, 0.6) is 0 Å². The summed E-state index contributed by atoms with van der Waals surface area (Å²) in [7, 11) is 3.92. The van der Waals surface area contributed by atoms with Crippen molar-refractivity contribution in [2.45, 2.75) is 0 Å². The number of cyclic esters (lactones) is 1. The van der Waals surface area contributed by atoms with Crippen LogP contribution in [0.25, 0.3) is 6.08 Å². The van der Waals surface area contributed by atoms with Crippen molar-refractivity contribution in [2.24, 2.45) is 4.99 Å². The molecule has 0 bridgehead atoms. The molecule has 0 saturated carbocycles. The van der Waals surface area contributed by atoms with E-state index in [4.69, 9.17) is 4.74 Å². The molecule has 0 aliphatic carbocycles. The molecule has 0 unspecified atom stereocenters. The highest BCUT2D eigenvalue weighted by atomic mass is 19.1. The quantitative estimate of drug-likeness (QED) is 0.645. The predicted molar refractivity (Wildman–Crippen MR) is 87.8 cm³/mol. The van der Waals surface area contributed by atoms with Gasteiger partial charge in [0.2, 0.25) is 5.90 Å². The molecule has 1 heterocycles. The molecule has 0 aromatic heterocycles. The van der Waals surface area contributed by atoms with Gasteiger partial charge in [0.05, 0.1) is 0 Å². The monoisotopic (exact) mass is 310 g/mol. The summed E-state index contributed by atoms with van der Waals surface area (Å²) in [5.41, 5.74) is 2.70. The van der Waals surface area contributed by atoms with Gasteiger partial charge in [0, 0.05) is 25.3 Å². The Hall–Kier alpha value is -2.95. The predicted octanol–water partition coefficient (Wildman–Crippen LogP) is 3.24. The molecule has 0 saturated heterocycles. The molecule has 1 aliphatic rings. The van der Waals surface area contributed by atoms with E-state index < -0.39 is 5.97 Å². The van der Waals surface area contributed by atoms with Gasteiger partial charge >= 0.3 is 5.97 Å². The fourth-order valence-corrected chi connectivity index (χ4v) is 2.15. The van der Waals surface area contributed by atoms with E-state index >= 15 is 0 Å². The number of anilines is 1. The van der Waals surface area contributed by atoms with Gasteiger partial charge in [-0.25, -0.2) is 14.2 Å². The van der Waals surface area contributed by atoms with Crippen LogP contribution in [0.15, 0.2) is 59.2 Å². The van der Waals surface area contributed by atoms with E-state index in [1.807, 2.05) is 43.3 Å². The van der Waals surface area contributed by atoms with Crippen LogP contribution < -0.4 is 4.90 Å². The second-order valence-corrected chi connectivity index (χ2v) is 5.33. The number of halogens is 1. The first-order valence-electron chi connectivity index (χ1n) is 7.09. The summed E-state index contributed by atoms with van der Waals surface area (Å²) in [6, 6.07) is 13.4. The van der Waals surface area contributed by atoms with Crippen LogP contribution in [0.3, 0.4) is 0 Å². The van der Waals surface area contributed by atoms with E-state index in [2.05, 4.69) is 4.99 Å². The molecule has 4 nitrogen and oxygen atoms in total. The Morgan fingerprint density at radius 3 is 2.30 bits per heavy atom. The Balaban J connectivity index is 1.87. The van der Waals surface area contributed by atoms with E-state index in [9.17, 15) is 9.18 Å². The maximum absolute atomic E-state index is 12.9. The normalized spacial score (nSPS) is 15.5. The average molecular weight is 310 g/mol. The Morgan fingerprint density at radius 2 is 1.70 bits per heavy atom. The van der Waals surface area contributed by atoms with E-state index in [0.717, 1.165) is 11.3 Å². The van der Waals surface area contributed by atoms with Gasteiger partial charge in [0.25, 0.3) is 0 Å². The average Bonchev–Trinajstić information content (AvgIpc) is 2.89. The molecule has 0 spiro atoms. The van der Waals surface area contributed by atoms with Crippen LogP contribution in [-0.4, -0.2) is 26.0 Å². The number of carbonyl (C=O) groups is 1. The minimum Gasteiger partial charge on any atom is -0.402 e. The third-order valence-corrected chi connectivity index (χ3v) is 3.42. The Labute approximate surface area is 133 Å². The molecule has 0 N–H and O–H groups in total. The second kappa shape index (κ2) is 6.04. The molecule has 1 aliphatic heterocycles. The lowest BCUT2D eigenvalue weighted by Crippen LogP contribution is -2.08. The number of ether oxygens (including phenoxy) is 1. The topological polar surface area (TPSA) is 41.9 Å². The second-order valence-electron chi connectivity index (χ2n) is 5.33. The third-order valence-electron chi connectivity index (χ3n) is 3.42. The molecule has 116 valence electrons. The van der Waals surface area contributed by atoms with Crippen molar-refractivity contribution >= 4 is 23.6 Å². The number of rotatable bonds is 3. The van der Waals surface area contributed by atoms with Crippen molar-refractivity contribution in [3.05, 3.63) is 71.2 Å². The molecule has 2 aromatic carbocycles. The first-order valence-corrected chi connectivity index (χ1v) is 7.09. The molecular formula is C18H15FN2O2. The van der Waals surface area contributed by atoms with E-state index in [1.54, 1.807) is 6.08 Å². The van der Waals surface area contributed by atoms with Gasteiger partial charge < -0.3 is 9.64 Å². The Morgan fingerprint density at radius 1 is 1.04 bits per heavy atom. The molecule has 3 rings (SSSR count). The minimum absolute atomic E-state index is 0.186. The van der Waals surface area contributed by atoms with Crippen molar-refractivity contribution < 1.29 is 13.9 Å². The standard InChI is InChI=1S/C18H15FN2O2/c1-21(2)15-9-3-12(4-10-15)11-16-18(22)23-17(20-16)13-5-7-14(19)8-6-13/h3-11H,1-2H3/b16-11+. The minimum atomic E-state index is -0.513. The summed E-state index contributed by atoms with van der Waals surface area (Å²) < 4.78 is 18.1. The van der Waals surface area contributed by atoms with Gasteiger partial charge in [-0.1, -0.05) is 12.1 Å². The summed E-state index contributed by atoms with van der Waals surface area (Å²) in [4.78, 5) is 18.1. The van der Waals surface area contributed by atoms with Crippen LogP contribution in [0.4, 0.5) is 10.1 Å². The molecule has 2 aromatic rings. The summed E-state index contributed by atoms with van der Waals surface area (Å²) in [6.45, 7) is 0. The van der Waals surface area contributed by atoms with E-state index in [1.165, 1.54) is 24.3 Å². The highest BCUT2D eigenvalue weighted by Crippen LogP contribution is 2.20. The molecule has 0 fully saturated rings. The van der Waals surface area contributed by atoms with Crippen LogP contribution in [0.1, 0.15) is 11.1 Å². The van der Waals surface area contributed by atoms with Gasteiger partial charge in [0.1, 0.15) is 5.82 Å². The Kier molecular flexibility index (Phi) is 3.93. The van der Waals surface area contributed by atoms with Crippen molar-refractivity contribution in [3.63, 3.8) is 0 Å². The van der Waals surface area contributed by atoms with Crippen molar-refractivity contribution in [1.82, 2.24) is 0 Å².